The number of benzene rings is 2. The molecule has 0 radical (unpaired) electrons. The van der Waals surface area contributed by atoms with Crippen LogP contribution in [0.2, 0.25) is 0 Å². The second-order valence-electron chi connectivity index (χ2n) is 8.02. The van der Waals surface area contributed by atoms with Crippen LogP contribution in [0.3, 0.4) is 0 Å². The van der Waals surface area contributed by atoms with E-state index in [1.54, 1.807) is 18.2 Å². The summed E-state index contributed by atoms with van der Waals surface area (Å²) in [5, 5.41) is 5.80. The molecule has 2 aliphatic heterocycles. The van der Waals surface area contributed by atoms with Gasteiger partial charge in [0.05, 0.1) is 17.4 Å². The van der Waals surface area contributed by atoms with Gasteiger partial charge >= 0.3 is 0 Å². The second kappa shape index (κ2) is 9.87. The zero-order valence-corrected chi connectivity index (χ0v) is 17.2. The van der Waals surface area contributed by atoms with E-state index >= 15 is 0 Å². The van der Waals surface area contributed by atoms with Crippen molar-refractivity contribution in [1.29, 1.82) is 0 Å². The molecule has 2 aromatic carbocycles. The number of carbonyl (C=O) groups is 2. The molecule has 158 valence electrons. The van der Waals surface area contributed by atoms with Gasteiger partial charge in [0.25, 0.3) is 11.8 Å². The third-order valence-corrected chi connectivity index (χ3v) is 5.76. The first-order valence-electron chi connectivity index (χ1n) is 10.8. The molecule has 2 amide bonds. The van der Waals surface area contributed by atoms with Crippen molar-refractivity contribution in [3.05, 3.63) is 65.2 Å². The second-order valence-corrected chi connectivity index (χ2v) is 8.02. The number of carbonyl (C=O) groups excluding carboxylic acids is 2. The topological polar surface area (TPSA) is 70.7 Å². The van der Waals surface area contributed by atoms with Crippen LogP contribution in [0.1, 0.15) is 52.0 Å². The molecule has 0 spiro atoms. The van der Waals surface area contributed by atoms with E-state index < -0.39 is 0 Å². The average molecular weight is 408 g/mol. The Bertz CT molecular complexity index is 870. The van der Waals surface area contributed by atoms with Crippen molar-refractivity contribution in [3.8, 4) is 0 Å². The Hall–Kier alpha value is -2.70. The van der Waals surface area contributed by atoms with Gasteiger partial charge in [0.1, 0.15) is 0 Å². The molecule has 2 aromatic rings. The Labute approximate surface area is 177 Å². The molecular weight excluding hydrogens is 378 g/mol. The maximum Gasteiger partial charge on any atom is 0.255 e. The molecule has 4 rings (SSSR count). The number of hydrogen-bond acceptors (Lipinski definition) is 4. The molecule has 0 aliphatic carbocycles. The summed E-state index contributed by atoms with van der Waals surface area (Å²) >= 11 is 0. The van der Waals surface area contributed by atoms with Crippen molar-refractivity contribution in [2.45, 2.75) is 38.3 Å². The van der Waals surface area contributed by atoms with Crippen LogP contribution in [-0.2, 0) is 11.3 Å². The number of hydrogen-bond donors (Lipinski definition) is 2. The number of anilines is 1. The fourth-order valence-electron chi connectivity index (χ4n) is 4.05. The van der Waals surface area contributed by atoms with Crippen LogP contribution in [0, 0.1) is 0 Å². The molecule has 0 aromatic heterocycles. The minimum atomic E-state index is -0.220. The Morgan fingerprint density at radius 3 is 2.47 bits per heavy atom. The van der Waals surface area contributed by atoms with E-state index in [1.165, 1.54) is 18.4 Å². The lowest BCUT2D eigenvalue weighted by atomic mass is 10.1. The average Bonchev–Trinajstić information content (AvgIpc) is 3.47. The van der Waals surface area contributed by atoms with E-state index in [-0.39, 0.29) is 17.9 Å². The normalized spacial score (nSPS) is 19.0. The molecule has 2 N–H and O–H groups in total. The Kier molecular flexibility index (Phi) is 6.77. The van der Waals surface area contributed by atoms with E-state index in [4.69, 9.17) is 4.74 Å². The Morgan fingerprint density at radius 1 is 0.967 bits per heavy atom. The summed E-state index contributed by atoms with van der Waals surface area (Å²) in [5.74, 6) is -0.426. The molecule has 0 saturated carbocycles. The van der Waals surface area contributed by atoms with E-state index in [2.05, 4.69) is 15.5 Å². The van der Waals surface area contributed by atoms with Gasteiger partial charge in [-0.3, -0.25) is 14.5 Å². The van der Waals surface area contributed by atoms with Crippen LogP contribution in [-0.4, -0.2) is 49.1 Å². The summed E-state index contributed by atoms with van der Waals surface area (Å²) in [5.41, 5.74) is 2.75. The lowest BCUT2D eigenvalue weighted by Crippen LogP contribution is -2.32. The zero-order chi connectivity index (χ0) is 20.8. The maximum absolute atomic E-state index is 12.7. The van der Waals surface area contributed by atoms with Gasteiger partial charge in [0.2, 0.25) is 0 Å². The molecule has 1 unspecified atom stereocenters. The lowest BCUT2D eigenvalue weighted by Gasteiger charge is -2.15. The van der Waals surface area contributed by atoms with Gasteiger partial charge in [-0.2, -0.15) is 0 Å². The van der Waals surface area contributed by atoms with Crippen LogP contribution >= 0.6 is 0 Å². The molecule has 0 bridgehead atoms. The summed E-state index contributed by atoms with van der Waals surface area (Å²) in [6.07, 6.45) is 4.61. The standard InChI is InChI=1S/C24H29N3O3/c28-23(19-11-9-18(10-12-19)17-27-13-3-4-14-27)26-22-8-2-1-7-21(22)24(29)25-16-20-6-5-15-30-20/h1-2,7-12,20H,3-6,13-17H2,(H,25,29)(H,26,28). The van der Waals surface area contributed by atoms with Crippen LogP contribution in [0.25, 0.3) is 0 Å². The van der Waals surface area contributed by atoms with E-state index in [9.17, 15) is 9.59 Å². The highest BCUT2D eigenvalue weighted by Gasteiger charge is 2.19. The molecule has 1 atom stereocenters. The zero-order valence-electron chi connectivity index (χ0n) is 17.2. The third-order valence-electron chi connectivity index (χ3n) is 5.76. The van der Waals surface area contributed by atoms with Crippen LogP contribution < -0.4 is 10.6 Å². The molecule has 2 fully saturated rings. The van der Waals surface area contributed by atoms with Gasteiger partial charge in [0, 0.05) is 25.3 Å². The van der Waals surface area contributed by atoms with E-state index in [1.807, 2.05) is 30.3 Å². The molecule has 30 heavy (non-hydrogen) atoms. The molecule has 2 saturated heterocycles. The van der Waals surface area contributed by atoms with Crippen molar-refractivity contribution in [2.24, 2.45) is 0 Å². The highest BCUT2D eigenvalue weighted by molar-refractivity contribution is 6.09. The third kappa shape index (κ3) is 5.26. The number of rotatable bonds is 7. The van der Waals surface area contributed by atoms with Crippen molar-refractivity contribution >= 4 is 17.5 Å². The first kappa shape index (κ1) is 20.6. The number of nitrogens with one attached hydrogen (secondary N) is 2. The van der Waals surface area contributed by atoms with E-state index in [0.29, 0.717) is 23.4 Å². The highest BCUT2D eigenvalue weighted by atomic mass is 16.5. The van der Waals surface area contributed by atoms with Crippen LogP contribution in [0.4, 0.5) is 5.69 Å². The Balaban J connectivity index is 1.37. The van der Waals surface area contributed by atoms with Gasteiger partial charge < -0.3 is 15.4 Å². The number of para-hydroxylation sites is 1. The molecule has 6 heteroatoms. The van der Waals surface area contributed by atoms with Crippen molar-refractivity contribution in [1.82, 2.24) is 10.2 Å². The summed E-state index contributed by atoms with van der Waals surface area (Å²) in [6.45, 7) is 4.46. The van der Waals surface area contributed by atoms with E-state index in [0.717, 1.165) is 39.1 Å². The largest absolute Gasteiger partial charge is 0.376 e. The lowest BCUT2D eigenvalue weighted by molar-refractivity contribution is 0.0858. The molecular formula is C24H29N3O3. The summed E-state index contributed by atoms with van der Waals surface area (Å²) < 4.78 is 5.56. The predicted octanol–water partition coefficient (Wildman–Crippen LogP) is 3.44. The Morgan fingerprint density at radius 2 is 1.73 bits per heavy atom. The number of amides is 2. The maximum atomic E-state index is 12.7. The fourth-order valence-corrected chi connectivity index (χ4v) is 4.05. The van der Waals surface area contributed by atoms with Gasteiger partial charge in [-0.25, -0.2) is 0 Å². The SMILES string of the molecule is O=C(Nc1ccccc1C(=O)NCC1CCCO1)c1ccc(CN2CCCC2)cc1. The fraction of sp³-hybridized carbons (Fsp3) is 0.417. The quantitative estimate of drug-likeness (QED) is 0.738. The van der Waals surface area contributed by atoms with Crippen LogP contribution in [0.5, 0.6) is 0 Å². The molecule has 2 heterocycles. The van der Waals surface area contributed by atoms with Gasteiger partial charge in [-0.05, 0) is 68.6 Å². The van der Waals surface area contributed by atoms with Crippen molar-refractivity contribution in [3.63, 3.8) is 0 Å². The highest BCUT2D eigenvalue weighted by Crippen LogP contribution is 2.18. The van der Waals surface area contributed by atoms with Crippen molar-refractivity contribution in [2.75, 3.05) is 31.6 Å². The number of likely N-dealkylation sites (tertiary alicyclic amines) is 1. The smallest absolute Gasteiger partial charge is 0.255 e. The first-order valence-corrected chi connectivity index (χ1v) is 10.8. The summed E-state index contributed by atoms with van der Waals surface area (Å²) in [7, 11) is 0. The number of nitrogens with zero attached hydrogens (tertiary/aromatic N) is 1. The molecule has 2 aliphatic rings. The monoisotopic (exact) mass is 407 g/mol. The molecule has 6 nitrogen and oxygen atoms in total. The van der Waals surface area contributed by atoms with Gasteiger partial charge in [-0.15, -0.1) is 0 Å². The van der Waals surface area contributed by atoms with Crippen LogP contribution in [0.15, 0.2) is 48.5 Å². The van der Waals surface area contributed by atoms with Crippen molar-refractivity contribution < 1.29 is 14.3 Å². The predicted molar refractivity (Wildman–Crippen MR) is 117 cm³/mol. The first-order chi connectivity index (χ1) is 14.7. The summed E-state index contributed by atoms with van der Waals surface area (Å²) in [6, 6.07) is 14.8. The summed E-state index contributed by atoms with van der Waals surface area (Å²) in [4.78, 5) is 27.8. The minimum Gasteiger partial charge on any atom is -0.376 e. The van der Waals surface area contributed by atoms with Gasteiger partial charge in [0.15, 0.2) is 0 Å². The van der Waals surface area contributed by atoms with Gasteiger partial charge in [-0.1, -0.05) is 24.3 Å². The number of ether oxygens (including phenoxy) is 1. The minimum absolute atomic E-state index is 0.0785.